The number of carbonyl (C=O) groups excluding carboxylic acids is 1. The molecule has 0 spiro atoms. The van der Waals surface area contributed by atoms with E-state index < -0.39 is 0 Å². The van der Waals surface area contributed by atoms with Crippen molar-refractivity contribution in [3.05, 3.63) is 95.3 Å². The molecule has 0 saturated heterocycles. The third kappa shape index (κ3) is 4.59. The molecule has 0 bridgehead atoms. The average Bonchev–Trinajstić information content (AvgIpc) is 2.87. The van der Waals surface area contributed by atoms with Crippen molar-refractivity contribution in [2.75, 3.05) is 11.1 Å². The van der Waals surface area contributed by atoms with Crippen molar-refractivity contribution >= 4 is 34.3 Å². The van der Waals surface area contributed by atoms with E-state index in [1.807, 2.05) is 42.5 Å². The number of nitriles is 1. The first kappa shape index (κ1) is 21.2. The minimum atomic E-state index is -0.135. The number of nitrogens with zero attached hydrogens (tertiary/aromatic N) is 3. The van der Waals surface area contributed by atoms with Crippen LogP contribution in [0.3, 0.4) is 0 Å². The number of benzene rings is 2. The zero-order chi connectivity index (χ0) is 22.6. The third-order valence-corrected chi connectivity index (χ3v) is 6.99. The number of aryl methyl sites for hydroxylation is 1. The van der Waals surface area contributed by atoms with Gasteiger partial charge >= 0.3 is 0 Å². The Morgan fingerprint density at radius 3 is 2.85 bits per heavy atom. The summed E-state index contributed by atoms with van der Waals surface area (Å²) in [6.45, 7) is 0. The second-order valence-electron chi connectivity index (χ2n) is 8.12. The van der Waals surface area contributed by atoms with Crippen molar-refractivity contribution in [1.29, 1.82) is 5.26 Å². The van der Waals surface area contributed by atoms with E-state index in [-0.39, 0.29) is 11.7 Å². The molecule has 2 heterocycles. The molecule has 6 heteroatoms. The van der Waals surface area contributed by atoms with Crippen molar-refractivity contribution in [3.63, 3.8) is 0 Å². The van der Waals surface area contributed by atoms with Gasteiger partial charge in [0.25, 0.3) is 0 Å². The van der Waals surface area contributed by atoms with Crippen molar-refractivity contribution in [2.45, 2.75) is 30.2 Å². The molecule has 33 heavy (non-hydrogen) atoms. The topological polar surface area (TPSA) is 78.7 Å². The number of thioether (sulfide) groups is 1. The Morgan fingerprint density at radius 2 is 2.00 bits per heavy atom. The SMILES string of the molecule is N#Cc1cc2c(nc1SCC(=O)Nc1cccc3ncccc13)CC[C@H](c1ccccc1)C2. The summed E-state index contributed by atoms with van der Waals surface area (Å²) in [5.74, 6) is 0.499. The van der Waals surface area contributed by atoms with E-state index in [1.165, 1.54) is 17.3 Å². The maximum Gasteiger partial charge on any atom is 0.234 e. The number of carbonyl (C=O) groups is 1. The molecular weight excluding hydrogens is 428 g/mol. The Labute approximate surface area is 196 Å². The number of hydrogen-bond acceptors (Lipinski definition) is 5. The Kier molecular flexibility index (Phi) is 6.05. The molecule has 5 rings (SSSR count). The molecule has 4 aromatic rings. The van der Waals surface area contributed by atoms with Gasteiger partial charge in [0, 0.05) is 17.3 Å². The second-order valence-corrected chi connectivity index (χ2v) is 9.09. The van der Waals surface area contributed by atoms with E-state index >= 15 is 0 Å². The van der Waals surface area contributed by atoms with Gasteiger partial charge in [0.05, 0.1) is 22.5 Å². The zero-order valence-electron chi connectivity index (χ0n) is 18.0. The third-order valence-electron chi connectivity index (χ3n) is 6.00. The second kappa shape index (κ2) is 9.43. The molecule has 2 aromatic carbocycles. The first-order chi connectivity index (χ1) is 16.2. The maximum absolute atomic E-state index is 12.7. The zero-order valence-corrected chi connectivity index (χ0v) is 18.8. The number of amides is 1. The highest BCUT2D eigenvalue weighted by atomic mass is 32.2. The molecule has 0 saturated carbocycles. The smallest absolute Gasteiger partial charge is 0.234 e. The van der Waals surface area contributed by atoms with Crippen molar-refractivity contribution in [3.8, 4) is 6.07 Å². The molecule has 0 fully saturated rings. The minimum Gasteiger partial charge on any atom is -0.325 e. The van der Waals surface area contributed by atoms with Crippen LogP contribution >= 0.6 is 11.8 Å². The number of fused-ring (bicyclic) bond motifs is 2. The summed E-state index contributed by atoms with van der Waals surface area (Å²) in [4.78, 5) is 21.8. The van der Waals surface area contributed by atoms with Gasteiger partial charge in [-0.3, -0.25) is 9.78 Å². The molecule has 1 N–H and O–H groups in total. The summed E-state index contributed by atoms with van der Waals surface area (Å²) >= 11 is 1.31. The van der Waals surface area contributed by atoms with Gasteiger partial charge in [0.1, 0.15) is 11.1 Å². The van der Waals surface area contributed by atoms with E-state index in [0.29, 0.717) is 16.5 Å². The molecular formula is C27H22N4OS. The van der Waals surface area contributed by atoms with Crippen LogP contribution in [0.25, 0.3) is 10.9 Å². The minimum absolute atomic E-state index is 0.135. The fourth-order valence-electron chi connectivity index (χ4n) is 4.38. The Hall–Kier alpha value is -3.69. The lowest BCUT2D eigenvalue weighted by Crippen LogP contribution is -2.16. The van der Waals surface area contributed by atoms with Crippen molar-refractivity contribution in [1.82, 2.24) is 9.97 Å². The van der Waals surface area contributed by atoms with Crippen molar-refractivity contribution < 1.29 is 4.79 Å². The van der Waals surface area contributed by atoms with E-state index in [0.717, 1.165) is 47.1 Å². The number of nitrogens with one attached hydrogen (secondary N) is 1. The van der Waals surface area contributed by atoms with Gasteiger partial charge in [-0.15, -0.1) is 0 Å². The van der Waals surface area contributed by atoms with Gasteiger partial charge in [-0.25, -0.2) is 4.98 Å². The summed E-state index contributed by atoms with van der Waals surface area (Å²) in [5, 5.41) is 14.2. The monoisotopic (exact) mass is 450 g/mol. The normalized spacial score (nSPS) is 14.9. The Bertz CT molecular complexity index is 1360. The fourth-order valence-corrected chi connectivity index (χ4v) is 5.15. The molecule has 5 nitrogen and oxygen atoms in total. The average molecular weight is 451 g/mol. The quantitative estimate of drug-likeness (QED) is 0.406. The molecule has 162 valence electrons. The molecule has 0 unspecified atom stereocenters. The van der Waals surface area contributed by atoms with Crippen LogP contribution in [-0.2, 0) is 17.6 Å². The van der Waals surface area contributed by atoms with Gasteiger partial charge in [-0.1, -0.05) is 48.2 Å². The van der Waals surface area contributed by atoms with Crippen LogP contribution in [0.5, 0.6) is 0 Å². The van der Waals surface area contributed by atoms with Crippen molar-refractivity contribution in [2.24, 2.45) is 0 Å². The summed E-state index contributed by atoms with van der Waals surface area (Å²) in [5.41, 5.74) is 5.62. The molecule has 1 amide bonds. The van der Waals surface area contributed by atoms with Crippen LogP contribution in [0.2, 0.25) is 0 Å². The van der Waals surface area contributed by atoms with E-state index in [2.05, 4.69) is 40.6 Å². The van der Waals surface area contributed by atoms with Gasteiger partial charge in [-0.05, 0) is 66.6 Å². The van der Waals surface area contributed by atoms with Crippen LogP contribution in [-0.4, -0.2) is 21.6 Å². The highest BCUT2D eigenvalue weighted by Gasteiger charge is 2.23. The number of pyridine rings is 2. The number of aromatic nitrogens is 2. The maximum atomic E-state index is 12.7. The van der Waals surface area contributed by atoms with Crippen LogP contribution in [0.4, 0.5) is 5.69 Å². The van der Waals surface area contributed by atoms with Gasteiger partial charge < -0.3 is 5.32 Å². The number of anilines is 1. The van der Waals surface area contributed by atoms with Gasteiger partial charge in [0.2, 0.25) is 5.91 Å². The first-order valence-electron chi connectivity index (χ1n) is 11.0. The molecule has 0 aliphatic heterocycles. The lowest BCUT2D eigenvalue weighted by atomic mass is 9.82. The number of hydrogen-bond donors (Lipinski definition) is 1. The lowest BCUT2D eigenvalue weighted by molar-refractivity contribution is -0.113. The van der Waals surface area contributed by atoms with Crippen LogP contribution in [0.1, 0.15) is 34.7 Å². The van der Waals surface area contributed by atoms with Gasteiger partial charge in [-0.2, -0.15) is 5.26 Å². The molecule has 1 aliphatic carbocycles. The Balaban J connectivity index is 1.29. The molecule has 0 radical (unpaired) electrons. The van der Waals surface area contributed by atoms with E-state index in [4.69, 9.17) is 4.98 Å². The number of rotatable bonds is 5. The highest BCUT2D eigenvalue weighted by molar-refractivity contribution is 8.00. The van der Waals surface area contributed by atoms with Crippen LogP contribution < -0.4 is 5.32 Å². The molecule has 2 aromatic heterocycles. The summed E-state index contributed by atoms with van der Waals surface area (Å²) in [6, 6.07) is 24.2. The summed E-state index contributed by atoms with van der Waals surface area (Å²) in [6.07, 6.45) is 4.54. The molecule has 1 aliphatic rings. The standard InChI is InChI=1S/C27H22N4OS/c28-16-21-15-20-14-19(18-6-2-1-3-7-18)11-12-23(20)31-27(21)33-17-26(32)30-25-10-4-9-24-22(25)8-5-13-29-24/h1-10,13,15,19H,11-12,14,17H2,(H,30,32)/t19-/m0/s1. The largest absolute Gasteiger partial charge is 0.325 e. The van der Waals surface area contributed by atoms with Gasteiger partial charge in [0.15, 0.2) is 0 Å². The predicted octanol–water partition coefficient (Wildman–Crippen LogP) is 5.50. The lowest BCUT2D eigenvalue weighted by Gasteiger charge is -2.25. The first-order valence-corrected chi connectivity index (χ1v) is 11.9. The van der Waals surface area contributed by atoms with Crippen LogP contribution in [0, 0.1) is 11.3 Å². The predicted molar refractivity (Wildman–Crippen MR) is 131 cm³/mol. The summed E-state index contributed by atoms with van der Waals surface area (Å²) < 4.78 is 0. The summed E-state index contributed by atoms with van der Waals surface area (Å²) in [7, 11) is 0. The van der Waals surface area contributed by atoms with E-state index in [9.17, 15) is 10.1 Å². The van der Waals surface area contributed by atoms with Crippen LogP contribution in [0.15, 0.2) is 78.0 Å². The highest BCUT2D eigenvalue weighted by Crippen LogP contribution is 2.34. The fraction of sp³-hybridized carbons (Fsp3) is 0.185. The van der Waals surface area contributed by atoms with E-state index in [1.54, 1.807) is 6.20 Å². The molecule has 1 atom stereocenters. The Morgan fingerprint density at radius 1 is 1.12 bits per heavy atom.